The van der Waals surface area contributed by atoms with Crippen LogP contribution >= 0.6 is 0 Å². The Balaban J connectivity index is 1.85. The minimum absolute atomic E-state index is 0.0212. The summed E-state index contributed by atoms with van der Waals surface area (Å²) in [5.41, 5.74) is -1.27. The Morgan fingerprint density at radius 2 is 1.70 bits per heavy atom. The molecule has 0 amide bonds. The molecule has 4 rings (SSSR count). The van der Waals surface area contributed by atoms with Gasteiger partial charge in [-0.25, -0.2) is 0 Å². The maximum Gasteiger partial charge on any atom is 0.188 e. The molecule has 6 atom stereocenters. The van der Waals surface area contributed by atoms with E-state index in [1.807, 2.05) is 0 Å². The smallest absolute Gasteiger partial charge is 0.188 e. The monoisotopic (exact) mass is 382 g/mol. The van der Waals surface area contributed by atoms with E-state index in [4.69, 9.17) is 54.9 Å². The Labute approximate surface area is 189 Å². The Kier molecular flexibility index (Phi) is 5.04. The zero-order chi connectivity index (χ0) is 22.3. The van der Waals surface area contributed by atoms with Crippen LogP contribution in [0.2, 0.25) is 15.7 Å². The molecular formula is C21H21B7O2. The number of Topliss-reactive ketones (excluding diaryl/α,β-unsaturated/α-hetero) is 1. The average Bonchev–Trinajstić information content (AvgIpc) is 2.92. The van der Waals surface area contributed by atoms with Gasteiger partial charge in [0.15, 0.2) is 7.85 Å². The lowest BCUT2D eigenvalue weighted by molar-refractivity contribution is -0.118. The molecular weight excluding hydrogens is 360 g/mol. The predicted molar refractivity (Wildman–Crippen MR) is 124 cm³/mol. The van der Waals surface area contributed by atoms with Crippen molar-refractivity contribution in [1.29, 1.82) is 0 Å². The second kappa shape index (κ2) is 6.70. The molecule has 3 fully saturated rings. The summed E-state index contributed by atoms with van der Waals surface area (Å²) < 4.78 is 0. The zero-order valence-corrected chi connectivity index (χ0v) is 17.6. The molecule has 4 aliphatic rings. The summed E-state index contributed by atoms with van der Waals surface area (Å²) in [5.74, 6) is 4.85. The van der Waals surface area contributed by atoms with Crippen molar-refractivity contribution in [1.82, 2.24) is 0 Å². The normalized spacial score (nSPS) is 46.2. The number of hydrogen-bond donors (Lipinski definition) is 1. The Hall–Kier alpha value is -0.615. The fraction of sp³-hybridized carbons (Fsp3) is 0.762. The molecule has 0 bridgehead atoms. The summed E-state index contributed by atoms with van der Waals surface area (Å²) in [4.78, 5) is 12.7. The minimum atomic E-state index is -1.67. The first kappa shape index (κ1) is 22.6. The number of carbonyl (C=O) groups is 1. The van der Waals surface area contributed by atoms with E-state index in [2.05, 4.69) is 18.7 Å². The molecule has 138 valence electrons. The summed E-state index contributed by atoms with van der Waals surface area (Å²) in [6.45, 7) is 2.08. The summed E-state index contributed by atoms with van der Waals surface area (Å²) >= 11 is 0. The number of rotatable bonds is 1. The molecule has 0 aliphatic heterocycles. The van der Waals surface area contributed by atoms with Crippen LogP contribution in [0, 0.1) is 34.9 Å². The second-order valence-corrected chi connectivity index (χ2v) is 10.2. The maximum atomic E-state index is 12.7. The molecule has 3 saturated carbocycles. The van der Waals surface area contributed by atoms with E-state index in [0.29, 0.717) is 24.8 Å². The highest BCUT2D eigenvalue weighted by molar-refractivity contribution is 6.59. The van der Waals surface area contributed by atoms with Gasteiger partial charge in [0, 0.05) is 5.41 Å². The van der Waals surface area contributed by atoms with Crippen molar-refractivity contribution in [2.75, 3.05) is 0 Å². The highest BCUT2D eigenvalue weighted by Crippen LogP contribution is 2.74. The number of aliphatic hydroxyl groups is 1. The van der Waals surface area contributed by atoms with Crippen LogP contribution in [-0.2, 0) is 4.79 Å². The first-order valence-electron chi connectivity index (χ1n) is 10.7. The van der Waals surface area contributed by atoms with Gasteiger partial charge in [0.25, 0.3) is 0 Å². The third-order valence-electron chi connectivity index (χ3n) is 8.88. The van der Waals surface area contributed by atoms with Crippen molar-refractivity contribution in [2.45, 2.75) is 73.2 Å². The molecule has 0 spiro atoms. The lowest BCUT2D eigenvalue weighted by Crippen LogP contribution is -2.58. The quantitative estimate of drug-likeness (QED) is 0.537. The third kappa shape index (κ3) is 2.68. The number of carbonyl (C=O) groups excluding carboxylic acids is 1. The van der Waals surface area contributed by atoms with Gasteiger partial charge >= 0.3 is 0 Å². The number of hydrogen-bond acceptors (Lipinski definition) is 2. The van der Waals surface area contributed by atoms with Gasteiger partial charge in [0.05, 0.1) is 39.2 Å². The Morgan fingerprint density at radius 3 is 2.30 bits per heavy atom. The molecule has 1 N–H and O–H groups in total. The molecule has 14 radical (unpaired) electrons. The first-order chi connectivity index (χ1) is 13.8. The topological polar surface area (TPSA) is 37.3 Å². The molecule has 0 aromatic heterocycles. The molecule has 2 nitrogen and oxygen atoms in total. The number of ketones is 1. The summed E-state index contributed by atoms with van der Waals surface area (Å²) in [6.07, 6.45) is 3.95. The van der Waals surface area contributed by atoms with Crippen LogP contribution in [0.3, 0.4) is 0 Å². The molecule has 4 aliphatic carbocycles. The lowest BCUT2D eigenvalue weighted by Gasteiger charge is -2.66. The lowest BCUT2D eigenvalue weighted by atomic mass is 9.25. The van der Waals surface area contributed by atoms with Crippen LogP contribution < -0.4 is 0 Å². The van der Waals surface area contributed by atoms with Gasteiger partial charge in [-0.15, -0.1) is 0 Å². The van der Waals surface area contributed by atoms with Crippen LogP contribution in [0.25, 0.3) is 0 Å². The van der Waals surface area contributed by atoms with E-state index in [9.17, 15) is 9.90 Å². The van der Waals surface area contributed by atoms with Gasteiger partial charge in [0.2, 0.25) is 0 Å². The van der Waals surface area contributed by atoms with Crippen molar-refractivity contribution in [3.63, 3.8) is 0 Å². The number of fused-ring (bicyclic) bond motifs is 5. The highest BCUT2D eigenvalue weighted by atomic mass is 16.3. The van der Waals surface area contributed by atoms with Gasteiger partial charge in [-0.1, -0.05) is 41.9 Å². The van der Waals surface area contributed by atoms with Crippen LogP contribution in [0.4, 0.5) is 0 Å². The highest BCUT2D eigenvalue weighted by Gasteiger charge is 2.67. The number of allylic oxidation sites excluding steroid dienone is 1. The fourth-order valence-corrected chi connectivity index (χ4v) is 7.84. The van der Waals surface area contributed by atoms with E-state index in [1.165, 1.54) is 0 Å². The summed E-state index contributed by atoms with van der Waals surface area (Å²) in [6, 6.07) is 0. The van der Waals surface area contributed by atoms with E-state index in [-0.39, 0.29) is 29.6 Å². The molecule has 0 saturated heterocycles. The van der Waals surface area contributed by atoms with Gasteiger partial charge < -0.3 is 5.11 Å². The second-order valence-electron chi connectivity index (χ2n) is 10.2. The SMILES string of the molecule is [B]C#C[C@]1(O)CCC2C3CC([B])([B])C4=C([B])C(=O)C([B])([B])CC4([B])C3CC[C@@]21CC. The van der Waals surface area contributed by atoms with Crippen LogP contribution in [0.1, 0.15) is 51.9 Å². The largest absolute Gasteiger partial charge is 0.377 e. The fourth-order valence-electron chi connectivity index (χ4n) is 7.84. The van der Waals surface area contributed by atoms with Crippen molar-refractivity contribution in [2.24, 2.45) is 23.2 Å². The minimum Gasteiger partial charge on any atom is -0.377 e. The van der Waals surface area contributed by atoms with Crippen molar-refractivity contribution < 1.29 is 9.90 Å². The zero-order valence-electron chi connectivity index (χ0n) is 17.6. The van der Waals surface area contributed by atoms with Gasteiger partial charge in [-0.05, 0) is 60.4 Å². The van der Waals surface area contributed by atoms with Crippen LogP contribution in [-0.4, -0.2) is 71.4 Å². The molecule has 0 aromatic carbocycles. The van der Waals surface area contributed by atoms with Gasteiger partial charge in [-0.2, -0.15) is 5.82 Å². The van der Waals surface area contributed by atoms with Crippen molar-refractivity contribution in [3.05, 3.63) is 11.0 Å². The maximum absolute atomic E-state index is 12.7. The van der Waals surface area contributed by atoms with Crippen LogP contribution in [0.15, 0.2) is 11.0 Å². The van der Waals surface area contributed by atoms with E-state index >= 15 is 0 Å². The first-order valence-corrected chi connectivity index (χ1v) is 10.7. The van der Waals surface area contributed by atoms with Crippen molar-refractivity contribution in [3.8, 4) is 11.7 Å². The molecule has 4 unspecified atom stereocenters. The molecule has 0 heterocycles. The van der Waals surface area contributed by atoms with E-state index in [0.717, 1.165) is 19.3 Å². The van der Waals surface area contributed by atoms with Crippen molar-refractivity contribution >= 4 is 60.7 Å². The Morgan fingerprint density at radius 1 is 1.07 bits per heavy atom. The van der Waals surface area contributed by atoms with Crippen LogP contribution in [0.5, 0.6) is 0 Å². The Bertz CT molecular complexity index is 888. The van der Waals surface area contributed by atoms with Gasteiger partial charge in [0.1, 0.15) is 19.2 Å². The van der Waals surface area contributed by atoms with Gasteiger partial charge in [-0.3, -0.25) is 4.79 Å². The summed E-state index contributed by atoms with van der Waals surface area (Å²) in [5, 5.41) is 7.35. The molecule has 9 heteroatoms. The molecule has 0 aromatic rings. The predicted octanol–water partition coefficient (Wildman–Crippen LogP) is 0.712. The summed E-state index contributed by atoms with van der Waals surface area (Å²) in [7, 11) is 44.1. The van der Waals surface area contributed by atoms with E-state index in [1.54, 1.807) is 0 Å². The molecule has 30 heavy (non-hydrogen) atoms. The third-order valence-corrected chi connectivity index (χ3v) is 8.88. The standard InChI is InChI=1S/C21H21B7O2/c1-2-17-5-3-13-11(12(17)4-6-18(17,30)7-8-22)9-20(25,26)15-14(23)16(29)21(27,28)10-19(13,15)24/h11-13,30H,2-6,9-10H2,1H3/t11?,12?,13?,17-,18+,19?/m0/s1. The average molecular weight is 381 g/mol. The van der Waals surface area contributed by atoms with E-state index < -0.39 is 32.5 Å².